The van der Waals surface area contributed by atoms with Gasteiger partial charge < -0.3 is 10.9 Å². The molecular weight excluding hydrogens is 261 g/mol. The molecule has 0 atom stereocenters. The van der Waals surface area contributed by atoms with Gasteiger partial charge in [-0.3, -0.25) is 0 Å². The molecule has 0 aliphatic carbocycles. The third-order valence-corrected chi connectivity index (χ3v) is 4.30. The predicted molar refractivity (Wildman–Crippen MR) is 64.4 cm³/mol. The number of hydrogen-bond donors (Lipinski definition) is 2. The molecule has 6 nitrogen and oxygen atoms in total. The fourth-order valence-electron chi connectivity index (χ4n) is 1.41. The lowest BCUT2D eigenvalue weighted by atomic mass is 10.2. The van der Waals surface area contributed by atoms with Crippen molar-refractivity contribution in [2.45, 2.75) is 11.8 Å². The smallest absolute Gasteiger partial charge is 0.243 e. The SMILES string of the molecule is Cc1cc(F)ccc1S(=O)(=O)N(C)CC(N)=NO. The van der Waals surface area contributed by atoms with Crippen molar-refractivity contribution in [1.29, 1.82) is 0 Å². The minimum Gasteiger partial charge on any atom is -0.409 e. The quantitative estimate of drug-likeness (QED) is 0.362. The summed E-state index contributed by atoms with van der Waals surface area (Å²) in [6, 6.07) is 3.38. The molecule has 18 heavy (non-hydrogen) atoms. The number of aryl methyl sites for hydroxylation is 1. The molecule has 0 amide bonds. The van der Waals surface area contributed by atoms with Crippen LogP contribution in [0, 0.1) is 12.7 Å². The van der Waals surface area contributed by atoms with Gasteiger partial charge in [0.2, 0.25) is 10.0 Å². The number of sulfonamides is 1. The summed E-state index contributed by atoms with van der Waals surface area (Å²) in [5.74, 6) is -0.744. The average molecular weight is 275 g/mol. The van der Waals surface area contributed by atoms with E-state index in [4.69, 9.17) is 10.9 Å². The summed E-state index contributed by atoms with van der Waals surface area (Å²) >= 11 is 0. The zero-order chi connectivity index (χ0) is 13.9. The molecule has 8 heteroatoms. The molecule has 1 rings (SSSR count). The van der Waals surface area contributed by atoms with E-state index in [9.17, 15) is 12.8 Å². The van der Waals surface area contributed by atoms with Crippen molar-refractivity contribution in [2.24, 2.45) is 10.9 Å². The van der Waals surface area contributed by atoms with Gasteiger partial charge >= 0.3 is 0 Å². The fraction of sp³-hybridized carbons (Fsp3) is 0.300. The first kappa shape index (κ1) is 14.4. The Kier molecular flexibility index (Phi) is 4.25. The number of likely N-dealkylation sites (N-methyl/N-ethyl adjacent to an activating group) is 1. The molecule has 0 aliphatic rings. The van der Waals surface area contributed by atoms with Crippen LogP contribution in [0.3, 0.4) is 0 Å². The maximum atomic E-state index is 12.9. The molecule has 0 aromatic heterocycles. The standard InChI is InChI=1S/C10H14FN3O3S/c1-7-5-8(11)3-4-9(7)18(16,17)14(2)6-10(12)13-15/h3-5,15H,6H2,1-2H3,(H2,12,13). The molecule has 0 bridgehead atoms. The first-order chi connectivity index (χ1) is 8.28. The molecule has 3 N–H and O–H groups in total. The molecule has 0 unspecified atom stereocenters. The number of benzene rings is 1. The maximum absolute atomic E-state index is 12.9. The zero-order valence-electron chi connectivity index (χ0n) is 9.96. The van der Waals surface area contributed by atoms with Crippen LogP contribution in [0.15, 0.2) is 28.3 Å². The highest BCUT2D eigenvalue weighted by Gasteiger charge is 2.23. The lowest BCUT2D eigenvalue weighted by Gasteiger charge is -2.17. The van der Waals surface area contributed by atoms with Crippen molar-refractivity contribution in [3.8, 4) is 0 Å². The number of halogens is 1. The lowest BCUT2D eigenvalue weighted by molar-refractivity contribution is 0.315. The van der Waals surface area contributed by atoms with Crippen LogP contribution in [-0.4, -0.2) is 37.4 Å². The number of amidine groups is 1. The van der Waals surface area contributed by atoms with Gasteiger partial charge in [0.05, 0.1) is 11.4 Å². The van der Waals surface area contributed by atoms with E-state index >= 15 is 0 Å². The van der Waals surface area contributed by atoms with Gasteiger partial charge in [0, 0.05) is 7.05 Å². The molecule has 0 spiro atoms. The van der Waals surface area contributed by atoms with Crippen molar-refractivity contribution in [1.82, 2.24) is 4.31 Å². The summed E-state index contributed by atoms with van der Waals surface area (Å²) in [7, 11) is -2.51. The van der Waals surface area contributed by atoms with Crippen molar-refractivity contribution >= 4 is 15.9 Å². The van der Waals surface area contributed by atoms with Crippen LogP contribution in [-0.2, 0) is 10.0 Å². The topological polar surface area (TPSA) is 96.0 Å². The largest absolute Gasteiger partial charge is 0.409 e. The second kappa shape index (κ2) is 5.32. The van der Waals surface area contributed by atoms with Gasteiger partial charge in [-0.2, -0.15) is 4.31 Å². The van der Waals surface area contributed by atoms with Crippen LogP contribution in [0.5, 0.6) is 0 Å². The van der Waals surface area contributed by atoms with Crippen LogP contribution in [0.4, 0.5) is 4.39 Å². The zero-order valence-corrected chi connectivity index (χ0v) is 10.8. The van der Waals surface area contributed by atoms with Gasteiger partial charge in [-0.05, 0) is 30.7 Å². The number of nitrogens with zero attached hydrogens (tertiary/aromatic N) is 2. The summed E-state index contributed by atoms with van der Waals surface area (Å²) in [6.45, 7) is 1.24. The van der Waals surface area contributed by atoms with Crippen molar-refractivity contribution in [3.05, 3.63) is 29.6 Å². The molecule has 0 fully saturated rings. The molecule has 100 valence electrons. The van der Waals surface area contributed by atoms with E-state index in [1.807, 2.05) is 0 Å². The highest BCUT2D eigenvalue weighted by molar-refractivity contribution is 7.89. The third-order valence-electron chi connectivity index (χ3n) is 2.34. The molecule has 1 aromatic rings. The summed E-state index contributed by atoms with van der Waals surface area (Å²) in [6.07, 6.45) is 0. The van der Waals surface area contributed by atoms with Crippen molar-refractivity contribution in [3.63, 3.8) is 0 Å². The van der Waals surface area contributed by atoms with Crippen molar-refractivity contribution in [2.75, 3.05) is 13.6 Å². The number of oxime groups is 1. The van der Waals surface area contributed by atoms with E-state index in [-0.39, 0.29) is 17.3 Å². The van der Waals surface area contributed by atoms with E-state index in [0.717, 1.165) is 16.4 Å². The Bertz CT molecular complexity index is 572. The van der Waals surface area contributed by atoms with E-state index in [0.29, 0.717) is 5.56 Å². The average Bonchev–Trinajstić information content (AvgIpc) is 2.28. The summed E-state index contributed by atoms with van der Waals surface area (Å²) in [5, 5.41) is 11.1. The number of rotatable bonds is 4. The Morgan fingerprint density at radius 3 is 2.67 bits per heavy atom. The maximum Gasteiger partial charge on any atom is 0.243 e. The minimum atomic E-state index is -3.80. The van der Waals surface area contributed by atoms with Crippen LogP contribution in [0.2, 0.25) is 0 Å². The Hall–Kier alpha value is -1.67. The fourth-order valence-corrected chi connectivity index (χ4v) is 2.76. The van der Waals surface area contributed by atoms with Gasteiger partial charge in [-0.1, -0.05) is 5.16 Å². The predicted octanol–water partition coefficient (Wildman–Crippen LogP) is 0.501. The molecule has 0 saturated heterocycles. The van der Waals surface area contributed by atoms with Gasteiger partial charge in [0.15, 0.2) is 5.84 Å². The van der Waals surface area contributed by atoms with E-state index in [1.165, 1.54) is 20.0 Å². The molecular formula is C10H14FN3O3S. The second-order valence-electron chi connectivity index (χ2n) is 3.76. The highest BCUT2D eigenvalue weighted by atomic mass is 32.2. The van der Waals surface area contributed by atoms with Gasteiger partial charge in [0.25, 0.3) is 0 Å². The van der Waals surface area contributed by atoms with E-state index in [1.54, 1.807) is 0 Å². The number of nitrogens with two attached hydrogens (primary N) is 1. The van der Waals surface area contributed by atoms with Crippen LogP contribution < -0.4 is 5.73 Å². The van der Waals surface area contributed by atoms with Crippen LogP contribution >= 0.6 is 0 Å². The van der Waals surface area contributed by atoms with E-state index < -0.39 is 15.8 Å². The molecule has 0 radical (unpaired) electrons. The highest BCUT2D eigenvalue weighted by Crippen LogP contribution is 2.19. The molecule has 0 heterocycles. The second-order valence-corrected chi connectivity index (χ2v) is 5.78. The monoisotopic (exact) mass is 275 g/mol. The normalized spacial score (nSPS) is 13.0. The molecule has 1 aromatic carbocycles. The Morgan fingerprint density at radius 1 is 1.56 bits per heavy atom. The van der Waals surface area contributed by atoms with Crippen LogP contribution in [0.25, 0.3) is 0 Å². The van der Waals surface area contributed by atoms with Crippen molar-refractivity contribution < 1.29 is 18.0 Å². The van der Waals surface area contributed by atoms with Gasteiger partial charge in [-0.15, -0.1) is 0 Å². The first-order valence-corrected chi connectivity index (χ1v) is 6.42. The minimum absolute atomic E-state index is 0.0165. The lowest BCUT2D eigenvalue weighted by Crippen LogP contribution is -2.35. The summed E-state index contributed by atoms with van der Waals surface area (Å²) < 4.78 is 38.1. The first-order valence-electron chi connectivity index (χ1n) is 4.98. The Morgan fingerprint density at radius 2 is 2.17 bits per heavy atom. The van der Waals surface area contributed by atoms with Gasteiger partial charge in [-0.25, -0.2) is 12.8 Å². The molecule has 0 saturated carbocycles. The number of hydrogen-bond acceptors (Lipinski definition) is 4. The van der Waals surface area contributed by atoms with Gasteiger partial charge in [0.1, 0.15) is 5.82 Å². The molecule has 0 aliphatic heterocycles. The summed E-state index contributed by atoms with van der Waals surface area (Å²) in [5.41, 5.74) is 5.54. The Balaban J connectivity index is 3.13. The Labute approximate surface area is 105 Å². The summed E-state index contributed by atoms with van der Waals surface area (Å²) in [4.78, 5) is -0.0165. The van der Waals surface area contributed by atoms with E-state index in [2.05, 4.69) is 5.16 Å². The van der Waals surface area contributed by atoms with Crippen LogP contribution in [0.1, 0.15) is 5.56 Å². The third kappa shape index (κ3) is 2.96.